The highest BCUT2D eigenvalue weighted by molar-refractivity contribution is 5.82. The summed E-state index contributed by atoms with van der Waals surface area (Å²) in [6, 6.07) is 18.6. The van der Waals surface area contributed by atoms with Gasteiger partial charge in [-0.1, -0.05) is 42.0 Å². The summed E-state index contributed by atoms with van der Waals surface area (Å²) in [5.74, 6) is 0.788. The predicted octanol–water partition coefficient (Wildman–Crippen LogP) is 5.60. The van der Waals surface area contributed by atoms with E-state index in [9.17, 15) is 4.79 Å². The zero-order valence-corrected chi connectivity index (χ0v) is 21.2. The van der Waals surface area contributed by atoms with Crippen LogP contribution in [-0.2, 0) is 16.1 Å². The maximum Gasteiger partial charge on any atom is 0.142 e. The fourth-order valence-corrected chi connectivity index (χ4v) is 4.28. The first-order valence-electron chi connectivity index (χ1n) is 11.9. The quantitative estimate of drug-likeness (QED) is 0.287. The maximum absolute atomic E-state index is 10.8. The van der Waals surface area contributed by atoms with Crippen molar-refractivity contribution in [2.45, 2.75) is 27.3 Å². The van der Waals surface area contributed by atoms with Crippen molar-refractivity contribution in [3.63, 3.8) is 0 Å². The summed E-state index contributed by atoms with van der Waals surface area (Å²) < 4.78 is 10.9. The van der Waals surface area contributed by atoms with Crippen LogP contribution in [0.4, 0.5) is 5.69 Å². The maximum atomic E-state index is 10.8. The predicted molar refractivity (Wildman–Crippen MR) is 145 cm³/mol. The second kappa shape index (κ2) is 12.9. The average molecular weight is 473 g/mol. The van der Waals surface area contributed by atoms with Crippen molar-refractivity contribution in [2.75, 3.05) is 39.1 Å². The number of hydrogen-bond donors (Lipinski definition) is 1. The van der Waals surface area contributed by atoms with E-state index < -0.39 is 0 Å². The molecule has 1 fully saturated rings. The normalized spacial score (nSPS) is 13.8. The number of hydrogen-bond acceptors (Lipinski definition) is 5. The van der Waals surface area contributed by atoms with Gasteiger partial charge in [0.15, 0.2) is 0 Å². The topological polar surface area (TPSA) is 64.8 Å². The van der Waals surface area contributed by atoms with E-state index in [1.807, 2.05) is 43.3 Å². The summed E-state index contributed by atoms with van der Waals surface area (Å²) in [4.78, 5) is 13.2. The monoisotopic (exact) mass is 472 g/mol. The number of anilines is 1. The molecule has 3 aromatic carbocycles. The van der Waals surface area contributed by atoms with E-state index in [1.54, 1.807) is 7.11 Å². The lowest BCUT2D eigenvalue weighted by atomic mass is 9.91. The van der Waals surface area contributed by atoms with Gasteiger partial charge in [-0.2, -0.15) is 0 Å². The minimum absolute atomic E-state index is 0.788. The number of carbonyl (C=O) groups is 1. The number of methoxy groups -OCH3 is 1. The molecule has 0 atom stereocenters. The Bertz CT molecular complexity index is 1110. The fourth-order valence-electron chi connectivity index (χ4n) is 4.28. The molecule has 1 heterocycles. The van der Waals surface area contributed by atoms with E-state index in [0.717, 1.165) is 67.3 Å². The van der Waals surface area contributed by atoms with Gasteiger partial charge in [-0.3, -0.25) is 9.69 Å². The average Bonchev–Trinajstić information content (AvgIpc) is 2.87. The standard InChI is InChI=1S/C23H27NO3.C7H9N/c1-17-15-22(26-3)21(5-4-12-25)18(2)23(17)20-8-6-19(7-9-20)16-24-10-13-27-14-11-24;1-6-2-4-7(8)5-3-6/h4-9,12,15H,10-11,13-14,16H2,1-3H3;2-5H,8H2,1H3/b5-4-;. The molecule has 0 saturated carbocycles. The highest BCUT2D eigenvalue weighted by Gasteiger charge is 2.15. The fraction of sp³-hybridized carbons (Fsp3) is 0.300. The molecule has 1 aliphatic heterocycles. The summed E-state index contributed by atoms with van der Waals surface area (Å²) in [5, 5.41) is 0. The van der Waals surface area contributed by atoms with Crippen LogP contribution in [-0.4, -0.2) is 44.6 Å². The summed E-state index contributed by atoms with van der Waals surface area (Å²) in [5.41, 5.74) is 14.4. The van der Waals surface area contributed by atoms with Gasteiger partial charge in [-0.05, 0) is 78.9 Å². The molecule has 0 aliphatic carbocycles. The lowest BCUT2D eigenvalue weighted by molar-refractivity contribution is -0.104. The molecule has 5 nitrogen and oxygen atoms in total. The lowest BCUT2D eigenvalue weighted by Gasteiger charge is -2.26. The van der Waals surface area contributed by atoms with Crippen LogP contribution in [0.2, 0.25) is 0 Å². The smallest absolute Gasteiger partial charge is 0.142 e. The Morgan fingerprint density at radius 3 is 2.23 bits per heavy atom. The number of allylic oxidation sites excluding steroid dienone is 1. The molecule has 2 N–H and O–H groups in total. The highest BCUT2D eigenvalue weighted by atomic mass is 16.5. The van der Waals surface area contributed by atoms with E-state index in [1.165, 1.54) is 28.3 Å². The van der Waals surface area contributed by atoms with Crippen molar-refractivity contribution in [3.05, 3.63) is 88.5 Å². The SMILES string of the molecule is COc1cc(C)c(-c2ccc(CN3CCOCC3)cc2)c(C)c1/C=C\C=O.Cc1ccc(N)cc1. The molecule has 0 amide bonds. The third-order valence-corrected chi connectivity index (χ3v) is 6.18. The van der Waals surface area contributed by atoms with Crippen LogP contribution in [0.5, 0.6) is 5.75 Å². The van der Waals surface area contributed by atoms with E-state index in [4.69, 9.17) is 15.2 Å². The number of carbonyl (C=O) groups excluding carboxylic acids is 1. The number of morpholine rings is 1. The van der Waals surface area contributed by atoms with Gasteiger partial charge in [-0.25, -0.2) is 0 Å². The Hall–Kier alpha value is -3.41. The molecule has 0 radical (unpaired) electrons. The molecule has 1 saturated heterocycles. The Morgan fingerprint density at radius 1 is 1.00 bits per heavy atom. The number of aryl methyl sites for hydroxylation is 2. The van der Waals surface area contributed by atoms with Crippen molar-refractivity contribution >= 4 is 18.0 Å². The Morgan fingerprint density at radius 2 is 1.66 bits per heavy atom. The van der Waals surface area contributed by atoms with Gasteiger partial charge in [0.05, 0.1) is 20.3 Å². The van der Waals surface area contributed by atoms with Crippen molar-refractivity contribution < 1.29 is 14.3 Å². The molecule has 4 rings (SSSR count). The third kappa shape index (κ3) is 7.28. The van der Waals surface area contributed by atoms with Crippen LogP contribution in [0.25, 0.3) is 17.2 Å². The minimum atomic E-state index is 0.788. The molecule has 184 valence electrons. The summed E-state index contributed by atoms with van der Waals surface area (Å²) in [6.45, 7) is 10.8. The van der Waals surface area contributed by atoms with E-state index >= 15 is 0 Å². The molecule has 3 aromatic rings. The Labute approximate surface area is 209 Å². The molecule has 0 aromatic heterocycles. The van der Waals surface area contributed by atoms with Gasteiger partial charge < -0.3 is 15.2 Å². The van der Waals surface area contributed by atoms with Crippen molar-refractivity contribution in [1.29, 1.82) is 0 Å². The van der Waals surface area contributed by atoms with Crippen LogP contribution in [0.3, 0.4) is 0 Å². The summed E-state index contributed by atoms with van der Waals surface area (Å²) in [6.07, 6.45) is 4.12. The number of ether oxygens (including phenoxy) is 2. The first-order valence-corrected chi connectivity index (χ1v) is 11.9. The van der Waals surface area contributed by atoms with Gasteiger partial charge in [0, 0.05) is 30.9 Å². The first kappa shape index (κ1) is 26.2. The van der Waals surface area contributed by atoms with Crippen LogP contribution in [0, 0.1) is 20.8 Å². The Balaban J connectivity index is 0.000000363. The van der Waals surface area contributed by atoms with Gasteiger partial charge in [-0.15, -0.1) is 0 Å². The molecule has 35 heavy (non-hydrogen) atoms. The number of benzene rings is 3. The van der Waals surface area contributed by atoms with Crippen LogP contribution in [0.1, 0.15) is 27.8 Å². The van der Waals surface area contributed by atoms with Crippen LogP contribution < -0.4 is 10.5 Å². The molecule has 1 aliphatic rings. The van der Waals surface area contributed by atoms with Gasteiger partial charge in [0.25, 0.3) is 0 Å². The van der Waals surface area contributed by atoms with Gasteiger partial charge in [0.1, 0.15) is 12.0 Å². The molecule has 0 bridgehead atoms. The lowest BCUT2D eigenvalue weighted by Crippen LogP contribution is -2.35. The number of aldehydes is 1. The van der Waals surface area contributed by atoms with Gasteiger partial charge >= 0.3 is 0 Å². The number of nitrogen functional groups attached to an aromatic ring is 1. The van der Waals surface area contributed by atoms with Crippen molar-refractivity contribution in [3.8, 4) is 16.9 Å². The molecule has 0 spiro atoms. The molecular formula is C30H36N2O3. The van der Waals surface area contributed by atoms with Crippen LogP contribution >= 0.6 is 0 Å². The van der Waals surface area contributed by atoms with E-state index in [0.29, 0.717) is 0 Å². The summed E-state index contributed by atoms with van der Waals surface area (Å²) in [7, 11) is 1.66. The third-order valence-electron chi connectivity index (χ3n) is 6.18. The van der Waals surface area contributed by atoms with Crippen molar-refractivity contribution in [1.82, 2.24) is 4.90 Å². The largest absolute Gasteiger partial charge is 0.496 e. The zero-order chi connectivity index (χ0) is 25.2. The second-order valence-corrected chi connectivity index (χ2v) is 8.80. The van der Waals surface area contributed by atoms with Crippen LogP contribution in [0.15, 0.2) is 60.7 Å². The first-order chi connectivity index (χ1) is 16.9. The van der Waals surface area contributed by atoms with Crippen molar-refractivity contribution in [2.24, 2.45) is 0 Å². The highest BCUT2D eigenvalue weighted by Crippen LogP contribution is 2.36. The molecular weight excluding hydrogens is 436 g/mol. The number of rotatable bonds is 6. The van der Waals surface area contributed by atoms with Gasteiger partial charge in [0.2, 0.25) is 0 Å². The summed E-state index contributed by atoms with van der Waals surface area (Å²) >= 11 is 0. The molecule has 5 heteroatoms. The number of nitrogens with two attached hydrogens (primary N) is 1. The molecule has 0 unspecified atom stereocenters. The number of nitrogens with zero attached hydrogens (tertiary/aromatic N) is 1. The second-order valence-electron chi connectivity index (χ2n) is 8.80. The zero-order valence-electron chi connectivity index (χ0n) is 21.2. The van der Waals surface area contributed by atoms with E-state index in [-0.39, 0.29) is 0 Å². The Kier molecular flexibility index (Phi) is 9.65. The van der Waals surface area contributed by atoms with E-state index in [2.05, 4.69) is 43.0 Å². The minimum Gasteiger partial charge on any atom is -0.496 e.